The van der Waals surface area contributed by atoms with Gasteiger partial charge in [0.15, 0.2) is 0 Å². The van der Waals surface area contributed by atoms with Gasteiger partial charge in [0.1, 0.15) is 0 Å². The first-order chi connectivity index (χ1) is 10.8. The van der Waals surface area contributed by atoms with Crippen molar-refractivity contribution < 1.29 is 0 Å². The fourth-order valence-electron chi connectivity index (χ4n) is 2.94. The molecule has 106 valence electrons. The van der Waals surface area contributed by atoms with Gasteiger partial charge in [-0.05, 0) is 17.7 Å². The molecule has 0 unspecified atom stereocenters. The third kappa shape index (κ3) is 1.83. The van der Waals surface area contributed by atoms with E-state index in [1.54, 1.807) is 10.8 Å². The molecule has 2 aromatic carbocycles. The van der Waals surface area contributed by atoms with Crippen LogP contribution in [-0.4, -0.2) is 9.55 Å². The summed E-state index contributed by atoms with van der Waals surface area (Å²) < 4.78 is 1.70. The first-order valence-electron chi connectivity index (χ1n) is 7.18. The highest BCUT2D eigenvalue weighted by molar-refractivity contribution is 6.03. The third-order valence-corrected chi connectivity index (χ3v) is 4.03. The fraction of sp³-hybridized carbons (Fsp3) is 0.0526. The Morgan fingerprint density at radius 1 is 0.909 bits per heavy atom. The molecule has 0 aliphatic carbocycles. The molecule has 3 nitrogen and oxygen atoms in total. The van der Waals surface area contributed by atoms with Crippen molar-refractivity contribution in [3.8, 4) is 11.1 Å². The normalized spacial score (nSPS) is 11.1. The van der Waals surface area contributed by atoms with E-state index in [2.05, 4.69) is 4.98 Å². The molecule has 0 spiro atoms. The van der Waals surface area contributed by atoms with Gasteiger partial charge in [-0.15, -0.1) is 0 Å². The predicted molar refractivity (Wildman–Crippen MR) is 89.9 cm³/mol. The van der Waals surface area contributed by atoms with Gasteiger partial charge in [-0.3, -0.25) is 9.78 Å². The van der Waals surface area contributed by atoms with Gasteiger partial charge in [0, 0.05) is 29.6 Å². The van der Waals surface area contributed by atoms with Crippen LogP contribution >= 0.6 is 0 Å². The number of nitrogens with zero attached hydrogens (tertiary/aromatic N) is 2. The molecule has 0 aliphatic heterocycles. The van der Waals surface area contributed by atoms with Crippen LogP contribution in [0.2, 0.25) is 0 Å². The lowest BCUT2D eigenvalue weighted by Crippen LogP contribution is -2.19. The smallest absolute Gasteiger partial charge is 0.258 e. The van der Waals surface area contributed by atoms with Gasteiger partial charge < -0.3 is 4.57 Å². The molecule has 0 N–H and O–H groups in total. The molecule has 2 heterocycles. The van der Waals surface area contributed by atoms with Crippen LogP contribution in [0.4, 0.5) is 0 Å². The second-order valence-electron chi connectivity index (χ2n) is 5.37. The number of fused-ring (bicyclic) bond motifs is 3. The average molecular weight is 286 g/mol. The zero-order chi connectivity index (χ0) is 15.1. The number of hydrogen-bond donors (Lipinski definition) is 0. The quantitative estimate of drug-likeness (QED) is 0.499. The van der Waals surface area contributed by atoms with Crippen molar-refractivity contribution in [1.29, 1.82) is 0 Å². The van der Waals surface area contributed by atoms with Crippen molar-refractivity contribution in [3.63, 3.8) is 0 Å². The number of benzene rings is 2. The van der Waals surface area contributed by atoms with E-state index in [0.29, 0.717) is 5.56 Å². The molecule has 0 saturated heterocycles. The van der Waals surface area contributed by atoms with Crippen LogP contribution in [0.15, 0.2) is 71.7 Å². The molecule has 22 heavy (non-hydrogen) atoms. The maximum absolute atomic E-state index is 12.8. The largest absolute Gasteiger partial charge is 0.309 e. The van der Waals surface area contributed by atoms with Crippen molar-refractivity contribution >= 4 is 21.8 Å². The van der Waals surface area contributed by atoms with E-state index in [1.165, 1.54) is 0 Å². The zero-order valence-electron chi connectivity index (χ0n) is 12.2. The van der Waals surface area contributed by atoms with Gasteiger partial charge in [0.25, 0.3) is 5.56 Å². The van der Waals surface area contributed by atoms with Crippen molar-refractivity contribution in [1.82, 2.24) is 9.55 Å². The Hall–Kier alpha value is -2.94. The Balaban J connectivity index is 2.15. The molecule has 0 saturated carbocycles. The van der Waals surface area contributed by atoms with Crippen molar-refractivity contribution in [2.45, 2.75) is 0 Å². The lowest BCUT2D eigenvalue weighted by atomic mass is 10.0. The van der Waals surface area contributed by atoms with Gasteiger partial charge >= 0.3 is 0 Å². The van der Waals surface area contributed by atoms with Crippen LogP contribution in [0.5, 0.6) is 0 Å². The van der Waals surface area contributed by atoms with Gasteiger partial charge in [-0.25, -0.2) is 0 Å². The standard InChI is InChI=1S/C19H14N2O/c1-21-18-15(10-9-14-8-5-11-20-17(14)18)12-16(19(21)22)13-6-3-2-4-7-13/h2-12H,1H3. The average Bonchev–Trinajstić information content (AvgIpc) is 2.58. The highest BCUT2D eigenvalue weighted by Crippen LogP contribution is 2.25. The Kier molecular flexibility index (Phi) is 2.79. The third-order valence-electron chi connectivity index (χ3n) is 4.03. The maximum Gasteiger partial charge on any atom is 0.258 e. The van der Waals surface area contributed by atoms with Crippen LogP contribution in [0.1, 0.15) is 0 Å². The van der Waals surface area contributed by atoms with E-state index < -0.39 is 0 Å². The summed E-state index contributed by atoms with van der Waals surface area (Å²) >= 11 is 0. The Labute approximate surface area is 127 Å². The van der Waals surface area contributed by atoms with Crippen LogP contribution < -0.4 is 5.56 Å². The molecule has 0 aliphatic rings. The summed E-state index contributed by atoms with van der Waals surface area (Å²) in [5.41, 5.74) is 3.39. The summed E-state index contributed by atoms with van der Waals surface area (Å²) in [6, 6.07) is 19.7. The maximum atomic E-state index is 12.8. The highest BCUT2D eigenvalue weighted by atomic mass is 16.1. The van der Waals surface area contributed by atoms with Crippen LogP contribution in [0.25, 0.3) is 32.9 Å². The number of hydrogen-bond acceptors (Lipinski definition) is 2. The van der Waals surface area contributed by atoms with E-state index in [0.717, 1.165) is 27.4 Å². The minimum Gasteiger partial charge on any atom is -0.309 e. The SMILES string of the molecule is Cn1c(=O)c(-c2ccccc2)cc2ccc3cccnc3c21. The van der Waals surface area contributed by atoms with Crippen LogP contribution in [-0.2, 0) is 7.05 Å². The molecular weight excluding hydrogens is 272 g/mol. The lowest BCUT2D eigenvalue weighted by molar-refractivity contribution is 0.911. The van der Waals surface area contributed by atoms with Gasteiger partial charge in [-0.1, -0.05) is 48.5 Å². The van der Waals surface area contributed by atoms with Crippen molar-refractivity contribution in [3.05, 3.63) is 77.2 Å². The molecule has 0 atom stereocenters. The second-order valence-corrected chi connectivity index (χ2v) is 5.37. The van der Waals surface area contributed by atoms with Gasteiger partial charge in [-0.2, -0.15) is 0 Å². The summed E-state index contributed by atoms with van der Waals surface area (Å²) in [5, 5.41) is 2.06. The highest BCUT2D eigenvalue weighted by Gasteiger charge is 2.11. The van der Waals surface area contributed by atoms with E-state index in [-0.39, 0.29) is 5.56 Å². The van der Waals surface area contributed by atoms with E-state index in [4.69, 9.17) is 0 Å². The Bertz CT molecular complexity index is 1050. The van der Waals surface area contributed by atoms with Crippen LogP contribution in [0, 0.1) is 0 Å². The molecule has 0 radical (unpaired) electrons. The molecular formula is C19H14N2O. The summed E-state index contributed by atoms with van der Waals surface area (Å²) in [4.78, 5) is 17.2. The fourth-order valence-corrected chi connectivity index (χ4v) is 2.94. The molecule has 0 bridgehead atoms. The molecule has 0 amide bonds. The Morgan fingerprint density at radius 2 is 1.68 bits per heavy atom. The minimum absolute atomic E-state index is 0.00291. The second kappa shape index (κ2) is 4.81. The van der Waals surface area contributed by atoms with E-state index >= 15 is 0 Å². The molecule has 2 aromatic heterocycles. The summed E-state index contributed by atoms with van der Waals surface area (Å²) in [5.74, 6) is 0. The predicted octanol–water partition coefficient (Wildman–Crippen LogP) is 3.75. The van der Waals surface area contributed by atoms with Gasteiger partial charge in [0.2, 0.25) is 0 Å². The first kappa shape index (κ1) is 12.8. The number of aryl methyl sites for hydroxylation is 1. The molecule has 0 fully saturated rings. The Morgan fingerprint density at radius 3 is 2.50 bits per heavy atom. The number of aromatic nitrogens is 2. The van der Waals surface area contributed by atoms with Crippen LogP contribution in [0.3, 0.4) is 0 Å². The number of rotatable bonds is 1. The molecule has 4 aromatic rings. The zero-order valence-corrected chi connectivity index (χ0v) is 12.2. The minimum atomic E-state index is -0.00291. The first-order valence-corrected chi connectivity index (χ1v) is 7.18. The van der Waals surface area contributed by atoms with Gasteiger partial charge in [0.05, 0.1) is 11.0 Å². The summed E-state index contributed by atoms with van der Waals surface area (Å²) in [6.45, 7) is 0. The summed E-state index contributed by atoms with van der Waals surface area (Å²) in [6.07, 6.45) is 1.76. The molecule has 3 heteroatoms. The lowest BCUT2D eigenvalue weighted by Gasteiger charge is -2.11. The number of pyridine rings is 2. The monoisotopic (exact) mass is 286 g/mol. The van der Waals surface area contributed by atoms with E-state index in [1.807, 2.05) is 67.7 Å². The van der Waals surface area contributed by atoms with Crippen molar-refractivity contribution in [2.75, 3.05) is 0 Å². The molecule has 4 rings (SSSR count). The van der Waals surface area contributed by atoms with Crippen molar-refractivity contribution in [2.24, 2.45) is 7.05 Å². The summed E-state index contributed by atoms with van der Waals surface area (Å²) in [7, 11) is 1.81. The van der Waals surface area contributed by atoms with E-state index in [9.17, 15) is 4.79 Å². The topological polar surface area (TPSA) is 34.9 Å².